The van der Waals surface area contributed by atoms with Crippen LogP contribution in [0, 0.1) is 0 Å². The first-order valence-corrected chi connectivity index (χ1v) is 7.52. The Kier molecular flexibility index (Phi) is 4.29. The Morgan fingerprint density at radius 3 is 2.55 bits per heavy atom. The third-order valence-electron chi connectivity index (χ3n) is 3.06. The van der Waals surface area contributed by atoms with E-state index < -0.39 is 0 Å². The second-order valence-electron chi connectivity index (χ2n) is 4.73. The van der Waals surface area contributed by atoms with Crippen molar-refractivity contribution < 1.29 is 4.79 Å². The van der Waals surface area contributed by atoms with Gasteiger partial charge >= 0.3 is 0 Å². The molecule has 5 nitrogen and oxygen atoms in total. The lowest BCUT2D eigenvalue weighted by atomic mass is 10.1. The second-order valence-corrected chi connectivity index (χ2v) is 5.64. The minimum absolute atomic E-state index is 0.152. The van der Waals surface area contributed by atoms with Crippen molar-refractivity contribution in [2.45, 2.75) is 6.42 Å². The molecule has 6 heteroatoms. The summed E-state index contributed by atoms with van der Waals surface area (Å²) in [5, 5.41) is 9.52. The molecule has 3 aromatic rings. The molecule has 1 aromatic heterocycles. The van der Waals surface area contributed by atoms with Crippen molar-refractivity contribution >= 4 is 27.8 Å². The first-order valence-electron chi connectivity index (χ1n) is 6.73. The largest absolute Gasteiger partial charge is 0.293 e. The zero-order valence-corrected chi connectivity index (χ0v) is 13.2. The quantitative estimate of drug-likeness (QED) is 0.752. The molecule has 0 saturated heterocycles. The molecular weight excluding hydrogens is 344 g/mol. The molecule has 0 aliphatic carbocycles. The first-order chi connectivity index (χ1) is 10.7. The lowest BCUT2D eigenvalue weighted by Crippen LogP contribution is -2.15. The summed E-state index contributed by atoms with van der Waals surface area (Å²) in [6.45, 7) is 0. The van der Waals surface area contributed by atoms with Crippen LogP contribution in [-0.4, -0.2) is 21.1 Å². The molecule has 0 fully saturated rings. The number of aromatic amines is 1. The normalized spacial score (nSPS) is 10.4. The molecule has 0 saturated carbocycles. The average Bonchev–Trinajstić information content (AvgIpc) is 2.99. The van der Waals surface area contributed by atoms with Gasteiger partial charge in [-0.1, -0.05) is 58.4 Å². The molecule has 0 atom stereocenters. The van der Waals surface area contributed by atoms with Crippen molar-refractivity contribution in [3.05, 3.63) is 64.6 Å². The summed E-state index contributed by atoms with van der Waals surface area (Å²) in [5.74, 6) is 0.751. The van der Waals surface area contributed by atoms with Crippen LogP contribution in [0.25, 0.3) is 11.4 Å². The number of hydrogen-bond acceptors (Lipinski definition) is 3. The fraction of sp³-hybridized carbons (Fsp3) is 0.0625. The number of amides is 1. The smallest absolute Gasteiger partial charge is 0.249 e. The Morgan fingerprint density at radius 2 is 1.82 bits per heavy atom. The molecule has 0 unspecified atom stereocenters. The maximum Gasteiger partial charge on any atom is 0.249 e. The Bertz CT molecular complexity index is 768. The Balaban J connectivity index is 1.65. The minimum atomic E-state index is -0.152. The van der Waals surface area contributed by atoms with Crippen LogP contribution in [0.15, 0.2) is 59.1 Å². The van der Waals surface area contributed by atoms with E-state index in [0.717, 1.165) is 15.6 Å². The summed E-state index contributed by atoms with van der Waals surface area (Å²) in [7, 11) is 0. The summed E-state index contributed by atoms with van der Waals surface area (Å²) >= 11 is 3.37. The van der Waals surface area contributed by atoms with Gasteiger partial charge in [0.25, 0.3) is 0 Å². The Labute approximate surface area is 135 Å². The molecule has 0 aliphatic heterocycles. The van der Waals surface area contributed by atoms with Crippen molar-refractivity contribution in [2.24, 2.45) is 0 Å². The molecular formula is C16H13BrN4O. The molecule has 2 N–H and O–H groups in total. The number of hydrogen-bond donors (Lipinski definition) is 2. The molecule has 3 rings (SSSR count). The zero-order chi connectivity index (χ0) is 15.4. The highest BCUT2D eigenvalue weighted by Crippen LogP contribution is 2.15. The van der Waals surface area contributed by atoms with E-state index in [1.165, 1.54) is 0 Å². The van der Waals surface area contributed by atoms with Crippen molar-refractivity contribution in [3.8, 4) is 11.4 Å². The van der Waals surface area contributed by atoms with Gasteiger partial charge in [-0.05, 0) is 17.7 Å². The standard InChI is InChI=1S/C16H13BrN4O/c17-13-8-6-11(7-9-13)10-14(22)18-16-19-15(20-21-16)12-4-2-1-3-5-12/h1-9H,10H2,(H2,18,19,20,21,22). The van der Waals surface area contributed by atoms with E-state index in [1.54, 1.807) is 0 Å². The van der Waals surface area contributed by atoms with Crippen LogP contribution in [0.4, 0.5) is 5.95 Å². The summed E-state index contributed by atoms with van der Waals surface area (Å²) in [6, 6.07) is 17.2. The Morgan fingerprint density at radius 1 is 1.09 bits per heavy atom. The third kappa shape index (κ3) is 3.59. The lowest BCUT2D eigenvalue weighted by molar-refractivity contribution is -0.115. The van der Waals surface area contributed by atoms with E-state index >= 15 is 0 Å². The number of aromatic nitrogens is 3. The molecule has 0 spiro atoms. The number of carbonyl (C=O) groups is 1. The van der Waals surface area contributed by atoms with E-state index in [2.05, 4.69) is 36.4 Å². The monoisotopic (exact) mass is 356 g/mol. The van der Waals surface area contributed by atoms with Gasteiger partial charge in [0.2, 0.25) is 11.9 Å². The van der Waals surface area contributed by atoms with Gasteiger partial charge in [0.05, 0.1) is 6.42 Å². The van der Waals surface area contributed by atoms with Gasteiger partial charge in [0.15, 0.2) is 5.82 Å². The number of nitrogens with zero attached hydrogens (tertiary/aromatic N) is 2. The summed E-state index contributed by atoms with van der Waals surface area (Å²) in [6.07, 6.45) is 0.280. The summed E-state index contributed by atoms with van der Waals surface area (Å²) < 4.78 is 0.984. The number of nitrogens with one attached hydrogen (secondary N) is 2. The van der Waals surface area contributed by atoms with Crippen molar-refractivity contribution in [3.63, 3.8) is 0 Å². The Hall–Kier alpha value is -2.47. The number of anilines is 1. The van der Waals surface area contributed by atoms with E-state index in [0.29, 0.717) is 5.82 Å². The number of carbonyl (C=O) groups excluding carboxylic acids is 1. The first kappa shape index (κ1) is 14.5. The maximum absolute atomic E-state index is 12.0. The molecule has 0 aliphatic rings. The van der Waals surface area contributed by atoms with Crippen LogP contribution in [0.5, 0.6) is 0 Å². The van der Waals surface area contributed by atoms with Crippen LogP contribution >= 0.6 is 15.9 Å². The van der Waals surface area contributed by atoms with Crippen molar-refractivity contribution in [1.82, 2.24) is 15.2 Å². The molecule has 0 radical (unpaired) electrons. The third-order valence-corrected chi connectivity index (χ3v) is 3.59. The number of benzene rings is 2. The van der Waals surface area contributed by atoms with E-state index in [4.69, 9.17) is 0 Å². The average molecular weight is 357 g/mol. The summed E-state index contributed by atoms with van der Waals surface area (Å²) in [5.41, 5.74) is 1.85. The SMILES string of the molecule is O=C(Cc1ccc(Br)cc1)Nc1n[nH]c(-c2ccccc2)n1. The topological polar surface area (TPSA) is 70.7 Å². The molecule has 1 heterocycles. The van der Waals surface area contributed by atoms with Crippen LogP contribution < -0.4 is 5.32 Å². The van der Waals surface area contributed by atoms with Crippen LogP contribution in [0.3, 0.4) is 0 Å². The van der Waals surface area contributed by atoms with E-state index in [-0.39, 0.29) is 18.3 Å². The fourth-order valence-electron chi connectivity index (χ4n) is 2.00. The fourth-order valence-corrected chi connectivity index (χ4v) is 2.26. The highest BCUT2D eigenvalue weighted by atomic mass is 79.9. The van der Waals surface area contributed by atoms with Gasteiger partial charge in [0, 0.05) is 10.0 Å². The molecule has 110 valence electrons. The number of H-pyrrole nitrogens is 1. The van der Waals surface area contributed by atoms with Crippen LogP contribution in [-0.2, 0) is 11.2 Å². The predicted molar refractivity (Wildman–Crippen MR) is 88.3 cm³/mol. The zero-order valence-electron chi connectivity index (χ0n) is 11.6. The van der Waals surface area contributed by atoms with Gasteiger partial charge in [0.1, 0.15) is 0 Å². The minimum Gasteiger partial charge on any atom is -0.293 e. The van der Waals surface area contributed by atoms with E-state index in [1.807, 2.05) is 54.6 Å². The van der Waals surface area contributed by atoms with Crippen molar-refractivity contribution in [1.29, 1.82) is 0 Å². The van der Waals surface area contributed by atoms with Gasteiger partial charge in [-0.25, -0.2) is 0 Å². The van der Waals surface area contributed by atoms with E-state index in [9.17, 15) is 4.79 Å². The highest BCUT2D eigenvalue weighted by Gasteiger charge is 2.09. The highest BCUT2D eigenvalue weighted by molar-refractivity contribution is 9.10. The van der Waals surface area contributed by atoms with Gasteiger partial charge in [-0.3, -0.25) is 15.2 Å². The molecule has 2 aromatic carbocycles. The lowest BCUT2D eigenvalue weighted by Gasteiger charge is -2.01. The predicted octanol–water partition coefficient (Wildman–Crippen LogP) is 3.42. The van der Waals surface area contributed by atoms with Gasteiger partial charge < -0.3 is 0 Å². The molecule has 22 heavy (non-hydrogen) atoms. The summed E-state index contributed by atoms with van der Waals surface area (Å²) in [4.78, 5) is 16.3. The number of rotatable bonds is 4. The maximum atomic E-state index is 12.0. The van der Waals surface area contributed by atoms with Crippen LogP contribution in [0.1, 0.15) is 5.56 Å². The van der Waals surface area contributed by atoms with Crippen LogP contribution in [0.2, 0.25) is 0 Å². The van der Waals surface area contributed by atoms with Crippen molar-refractivity contribution in [2.75, 3.05) is 5.32 Å². The van der Waals surface area contributed by atoms with Gasteiger partial charge in [-0.15, -0.1) is 5.10 Å². The molecule has 1 amide bonds. The second kappa shape index (κ2) is 6.53. The number of halogens is 1. The van der Waals surface area contributed by atoms with Gasteiger partial charge in [-0.2, -0.15) is 4.98 Å². The molecule has 0 bridgehead atoms.